The molecule has 3 fully saturated rings. The van der Waals surface area contributed by atoms with Crippen LogP contribution in [0.1, 0.15) is 170 Å². The van der Waals surface area contributed by atoms with E-state index in [-0.39, 0.29) is 147 Å². The van der Waals surface area contributed by atoms with Gasteiger partial charge in [-0.05, 0) is 119 Å². The number of likely N-dealkylation sites (tertiary alicyclic amines) is 1. The number of carboxylic acids is 1. The maximum atomic E-state index is 14.7. The molecule has 23 nitrogen and oxygen atoms in total. The van der Waals surface area contributed by atoms with Gasteiger partial charge in [-0.2, -0.15) is 0 Å². The number of methoxy groups -OCH3 is 2. The van der Waals surface area contributed by atoms with Crippen molar-refractivity contribution in [1.29, 1.82) is 0 Å². The number of primary amides is 1. The third-order valence-electron chi connectivity index (χ3n) is 20.4. The molecule has 0 aliphatic carbocycles. The quantitative estimate of drug-likeness (QED) is 0.0350. The molecule has 534 valence electrons. The van der Waals surface area contributed by atoms with Crippen LogP contribution in [0.25, 0.3) is 0 Å². The molecule has 3 aliphatic rings. The minimum absolute atomic E-state index is 0.0114. The summed E-state index contributed by atoms with van der Waals surface area (Å²) in [7, 11) is 8.59. The van der Waals surface area contributed by atoms with Gasteiger partial charge in [-0.3, -0.25) is 52.8 Å². The van der Waals surface area contributed by atoms with Gasteiger partial charge in [0.25, 0.3) is 0 Å². The smallest absolute Gasteiger partial charge is 0.312 e. The Balaban J connectivity index is 1.22. The standard InChI is InChI=1S/C73H113N9O14/c1-15-46(8)67(80(12)71(91)56(43(2)3)40-60(85)66(45(6)7)79(10)11)61(95-13)41-64(88)81-34-20-24-57(81)68(96-14)47(9)58(83)39-51(35-48-21-17-16-18-22-48)69(89)76-42-49-25-27-53(28-26-49)77-70(90)50(23-19-33-75-73(74)94)38-59(84)65(44(4)5)78-62(86)31-32-63(87)82-54-29-30-55(82)37-52(36-54)72(92)93/h16-18,21-22,25-28,43-47,50-52,54-57,61,65-68H,15,19-20,23-24,29-42H2,1-14H3,(H,76,89)(H,77,90)(H,78,86)(H,92,93)(H3,74,75,94)/t46-,47-,50+,51+,52?,54?,55?,56-,57-,61+,65-,66-,67-,68+/m0/s1. The first-order valence-electron chi connectivity index (χ1n) is 34.9. The number of Topliss-reactive ketones (excluding diaryl/α,β-unsaturated/α-hetero) is 3. The van der Waals surface area contributed by atoms with Crippen molar-refractivity contribution in [3.63, 3.8) is 0 Å². The van der Waals surface area contributed by atoms with Crippen LogP contribution in [0.5, 0.6) is 0 Å². The number of carboxylic acid groups (broad SMARTS) is 1. The molecule has 0 saturated carbocycles. The second kappa shape index (κ2) is 38.1. The first-order valence-corrected chi connectivity index (χ1v) is 34.9. The van der Waals surface area contributed by atoms with E-state index in [0.29, 0.717) is 56.3 Å². The van der Waals surface area contributed by atoms with Crippen LogP contribution < -0.4 is 27.0 Å². The number of ketones is 3. The highest BCUT2D eigenvalue weighted by Crippen LogP contribution is 2.40. The van der Waals surface area contributed by atoms with Crippen molar-refractivity contribution in [2.75, 3.05) is 53.8 Å². The number of nitrogens with zero attached hydrogens (tertiary/aromatic N) is 4. The molecule has 7 N–H and O–H groups in total. The zero-order valence-electron chi connectivity index (χ0n) is 59.6. The number of amides is 8. The number of aliphatic carboxylic acids is 1. The molecule has 3 saturated heterocycles. The summed E-state index contributed by atoms with van der Waals surface area (Å²) in [6.45, 7) is 18.0. The van der Waals surface area contributed by atoms with Gasteiger partial charge in [0.2, 0.25) is 35.4 Å². The summed E-state index contributed by atoms with van der Waals surface area (Å²) in [6, 6.07) is 12.9. The predicted molar refractivity (Wildman–Crippen MR) is 367 cm³/mol. The Hall–Kier alpha value is -7.11. The molecule has 0 spiro atoms. The number of rotatable bonds is 40. The maximum absolute atomic E-state index is 14.7. The van der Waals surface area contributed by atoms with Crippen LogP contribution in [0.2, 0.25) is 0 Å². The number of hydrogen-bond acceptors (Lipinski definition) is 14. The van der Waals surface area contributed by atoms with Crippen molar-refractivity contribution < 1.29 is 67.3 Å². The molecule has 2 aromatic carbocycles. The average molecular weight is 1340 g/mol. The van der Waals surface area contributed by atoms with Gasteiger partial charge >= 0.3 is 12.0 Å². The highest BCUT2D eigenvalue weighted by molar-refractivity contribution is 5.98. The Morgan fingerprint density at radius 2 is 1.32 bits per heavy atom. The zero-order chi connectivity index (χ0) is 71.2. The summed E-state index contributed by atoms with van der Waals surface area (Å²) in [4.78, 5) is 157. The molecule has 8 amide bonds. The number of nitrogens with one attached hydrogen (secondary N) is 4. The number of anilines is 1. The van der Waals surface area contributed by atoms with Crippen LogP contribution in [-0.4, -0.2) is 186 Å². The van der Waals surface area contributed by atoms with E-state index in [1.807, 2.05) is 90.9 Å². The number of fused-ring (bicyclic) bond motifs is 2. The SMILES string of the molecule is CC[C@H](C)[C@@H]([C@@H](CC(=O)N1CCC[C@H]1[C@H](OC)[C@@H](C)C(=O)C[C@@H](Cc1ccccc1)C(=O)NCc1ccc(NC(=O)[C@H](CCCNC(N)=O)CC(=O)[C@@H](NC(=O)CCC(=O)N2C3CCC2CC(C(=O)O)C3)C(C)C)cc1)OC)N(C)C(=O)[C@@H](CC(=O)[C@H](C(C)C)N(C)C)C(C)C. The van der Waals surface area contributed by atoms with Gasteiger partial charge in [0.15, 0.2) is 11.6 Å². The van der Waals surface area contributed by atoms with Crippen LogP contribution in [0, 0.1) is 53.3 Å². The van der Waals surface area contributed by atoms with Crippen molar-refractivity contribution >= 4 is 70.5 Å². The number of piperidine rings is 1. The molecule has 3 heterocycles. The topological polar surface area (TPSA) is 314 Å². The predicted octanol–water partition coefficient (Wildman–Crippen LogP) is 7.60. The van der Waals surface area contributed by atoms with Crippen LogP contribution in [-0.2, 0) is 70.4 Å². The van der Waals surface area contributed by atoms with E-state index >= 15 is 0 Å². The second-order valence-electron chi connectivity index (χ2n) is 28.5. The number of carbonyl (C=O) groups is 11. The van der Waals surface area contributed by atoms with E-state index in [1.54, 1.807) is 73.9 Å². The van der Waals surface area contributed by atoms with Gasteiger partial charge in [-0.25, -0.2) is 4.79 Å². The van der Waals surface area contributed by atoms with Gasteiger partial charge in [0.05, 0.1) is 48.7 Å². The highest BCUT2D eigenvalue weighted by Gasteiger charge is 2.47. The molecule has 5 rings (SSSR count). The molecular formula is C73H113N9O14. The van der Waals surface area contributed by atoms with Crippen LogP contribution in [0.4, 0.5) is 10.5 Å². The van der Waals surface area contributed by atoms with Gasteiger partial charge in [-0.15, -0.1) is 0 Å². The van der Waals surface area contributed by atoms with Gasteiger partial charge in [-0.1, -0.05) is 111 Å². The van der Waals surface area contributed by atoms with E-state index in [4.69, 9.17) is 15.2 Å². The Bertz CT molecular complexity index is 2920. The highest BCUT2D eigenvalue weighted by atomic mass is 16.5. The van der Waals surface area contributed by atoms with Crippen molar-refractivity contribution in [2.45, 2.75) is 220 Å². The molecule has 0 radical (unpaired) electrons. The van der Waals surface area contributed by atoms with E-state index in [9.17, 15) is 57.8 Å². The summed E-state index contributed by atoms with van der Waals surface area (Å²) < 4.78 is 12.3. The summed E-state index contributed by atoms with van der Waals surface area (Å²) in [5, 5.41) is 20.8. The fraction of sp³-hybridized carbons (Fsp3) is 0.685. The van der Waals surface area contributed by atoms with Gasteiger partial charge in [0, 0.05) is 114 Å². The number of urea groups is 1. The van der Waals surface area contributed by atoms with Gasteiger partial charge in [0.1, 0.15) is 5.78 Å². The van der Waals surface area contributed by atoms with Gasteiger partial charge < -0.3 is 56.3 Å². The molecule has 2 aromatic rings. The van der Waals surface area contributed by atoms with E-state index in [1.165, 1.54) is 7.11 Å². The minimum Gasteiger partial charge on any atom is -0.481 e. The van der Waals surface area contributed by atoms with Crippen molar-refractivity contribution in [1.82, 2.24) is 35.6 Å². The minimum atomic E-state index is -0.968. The second-order valence-corrected chi connectivity index (χ2v) is 28.5. The van der Waals surface area contributed by atoms with Crippen LogP contribution in [0.15, 0.2) is 54.6 Å². The first kappa shape index (κ1) is 79.6. The molecule has 13 atom stereocenters. The van der Waals surface area contributed by atoms with Crippen LogP contribution in [0.3, 0.4) is 0 Å². The summed E-state index contributed by atoms with van der Waals surface area (Å²) in [5.41, 5.74) is 7.26. The summed E-state index contributed by atoms with van der Waals surface area (Å²) in [6.07, 6.45) is 3.01. The molecule has 0 aromatic heterocycles. The molecule has 3 aliphatic heterocycles. The lowest BCUT2D eigenvalue weighted by Crippen LogP contribution is -2.54. The Morgan fingerprint density at radius 1 is 0.688 bits per heavy atom. The fourth-order valence-corrected chi connectivity index (χ4v) is 14.9. The third kappa shape index (κ3) is 22.5. The number of benzene rings is 2. The molecule has 2 bridgehead atoms. The summed E-state index contributed by atoms with van der Waals surface area (Å²) >= 11 is 0. The zero-order valence-corrected chi connectivity index (χ0v) is 59.6. The Morgan fingerprint density at radius 3 is 1.88 bits per heavy atom. The lowest BCUT2D eigenvalue weighted by atomic mass is 9.83. The molecule has 2 unspecified atom stereocenters. The first-order chi connectivity index (χ1) is 45.4. The maximum Gasteiger partial charge on any atom is 0.312 e. The number of likely N-dealkylation sites (N-methyl/N-ethyl adjacent to an activating group) is 2. The molecule has 23 heteroatoms. The number of ether oxygens (including phenoxy) is 2. The van der Waals surface area contributed by atoms with E-state index < -0.39 is 83.7 Å². The molecular weight excluding hydrogens is 1230 g/mol. The lowest BCUT2D eigenvalue weighted by Gasteiger charge is -2.41. The van der Waals surface area contributed by atoms with E-state index in [0.717, 1.165) is 18.4 Å². The largest absolute Gasteiger partial charge is 0.481 e. The normalized spacial score (nSPS) is 20.1. The summed E-state index contributed by atoms with van der Waals surface area (Å²) in [5.74, 6) is -7.28. The fourth-order valence-electron chi connectivity index (χ4n) is 14.9. The van der Waals surface area contributed by atoms with E-state index in [2.05, 4.69) is 21.3 Å². The number of hydrogen-bond donors (Lipinski definition) is 6. The monoisotopic (exact) mass is 1340 g/mol. The van der Waals surface area contributed by atoms with Crippen LogP contribution >= 0.6 is 0 Å². The molecule has 96 heavy (non-hydrogen) atoms. The lowest BCUT2D eigenvalue weighted by molar-refractivity contribution is -0.149. The number of nitrogens with two attached hydrogens (primary N) is 1. The van der Waals surface area contributed by atoms with Crippen molar-refractivity contribution in [3.05, 3.63) is 65.7 Å². The Kier molecular flexibility index (Phi) is 31.6. The van der Waals surface area contributed by atoms with Crippen molar-refractivity contribution in [2.24, 2.45) is 59.0 Å². The number of carbonyl (C=O) groups excluding carboxylic acids is 10. The van der Waals surface area contributed by atoms with Crippen molar-refractivity contribution in [3.8, 4) is 0 Å². The average Bonchev–Trinajstić information content (AvgIpc) is 1.54. The Labute approximate surface area is 569 Å². The third-order valence-corrected chi connectivity index (χ3v) is 20.4.